The van der Waals surface area contributed by atoms with Gasteiger partial charge in [-0.3, -0.25) is 0 Å². The lowest BCUT2D eigenvalue weighted by Gasteiger charge is -2.20. The third-order valence-corrected chi connectivity index (χ3v) is 4.73. The summed E-state index contributed by atoms with van der Waals surface area (Å²) in [6.07, 6.45) is 2.51. The molecule has 0 fully saturated rings. The largest absolute Gasteiger partial charge is 0.461 e. The number of rotatable bonds is 5. The second-order valence-corrected chi connectivity index (χ2v) is 6.63. The van der Waals surface area contributed by atoms with E-state index in [1.807, 2.05) is 48.5 Å². The van der Waals surface area contributed by atoms with Gasteiger partial charge in [0.1, 0.15) is 11.5 Å². The van der Waals surface area contributed by atoms with E-state index in [1.54, 1.807) is 6.26 Å². The van der Waals surface area contributed by atoms with Crippen molar-refractivity contribution < 1.29 is 8.94 Å². The molecule has 5 rings (SSSR count). The normalized spacial score (nSPS) is 13.3. The molecule has 0 saturated heterocycles. The maximum atomic E-state index is 5.38. The SMILES string of the molecule is c1ccc(-c2nc3c(c(NCc4cc(-c5ccco5)on4)n2)CCNC3)cc1. The number of hydrogen-bond donors (Lipinski definition) is 2. The van der Waals surface area contributed by atoms with Crippen molar-refractivity contribution in [2.24, 2.45) is 0 Å². The van der Waals surface area contributed by atoms with Crippen molar-refractivity contribution in [3.63, 3.8) is 0 Å². The van der Waals surface area contributed by atoms with Crippen molar-refractivity contribution in [2.45, 2.75) is 19.5 Å². The molecule has 0 atom stereocenters. The van der Waals surface area contributed by atoms with Gasteiger partial charge >= 0.3 is 0 Å². The van der Waals surface area contributed by atoms with Crippen LogP contribution in [0.3, 0.4) is 0 Å². The lowest BCUT2D eigenvalue weighted by molar-refractivity contribution is 0.411. The Hall–Kier alpha value is -3.45. The summed E-state index contributed by atoms with van der Waals surface area (Å²) in [5, 5.41) is 10.9. The topological polar surface area (TPSA) is 89.0 Å². The predicted molar refractivity (Wildman–Crippen MR) is 104 cm³/mol. The summed E-state index contributed by atoms with van der Waals surface area (Å²) >= 11 is 0. The van der Waals surface area contributed by atoms with E-state index < -0.39 is 0 Å². The summed E-state index contributed by atoms with van der Waals surface area (Å²) in [7, 11) is 0. The summed E-state index contributed by atoms with van der Waals surface area (Å²) in [4.78, 5) is 9.58. The molecule has 0 spiro atoms. The maximum absolute atomic E-state index is 5.38. The zero-order chi connectivity index (χ0) is 18.8. The van der Waals surface area contributed by atoms with E-state index in [2.05, 4.69) is 15.8 Å². The third-order valence-electron chi connectivity index (χ3n) is 4.73. The van der Waals surface area contributed by atoms with Crippen LogP contribution in [0.5, 0.6) is 0 Å². The Morgan fingerprint density at radius 1 is 1.04 bits per heavy atom. The van der Waals surface area contributed by atoms with E-state index >= 15 is 0 Å². The maximum Gasteiger partial charge on any atom is 0.202 e. The summed E-state index contributed by atoms with van der Waals surface area (Å²) < 4.78 is 10.7. The van der Waals surface area contributed by atoms with Gasteiger partial charge in [0.05, 0.1) is 18.5 Å². The molecule has 3 aromatic heterocycles. The average molecular weight is 373 g/mol. The minimum absolute atomic E-state index is 0.509. The zero-order valence-electron chi connectivity index (χ0n) is 15.2. The molecule has 7 nitrogen and oxygen atoms in total. The quantitative estimate of drug-likeness (QED) is 0.552. The minimum atomic E-state index is 0.509. The molecular weight excluding hydrogens is 354 g/mol. The number of nitrogens with one attached hydrogen (secondary N) is 2. The highest BCUT2D eigenvalue weighted by Gasteiger charge is 2.18. The first-order valence-corrected chi connectivity index (χ1v) is 9.26. The van der Waals surface area contributed by atoms with Crippen molar-refractivity contribution in [2.75, 3.05) is 11.9 Å². The van der Waals surface area contributed by atoms with Crippen LogP contribution in [0.2, 0.25) is 0 Å². The highest BCUT2D eigenvalue weighted by Crippen LogP contribution is 2.26. The van der Waals surface area contributed by atoms with Crippen LogP contribution in [0.15, 0.2) is 63.7 Å². The first-order valence-electron chi connectivity index (χ1n) is 9.26. The van der Waals surface area contributed by atoms with Crippen LogP contribution in [0, 0.1) is 0 Å². The van der Waals surface area contributed by atoms with Gasteiger partial charge in [-0.25, -0.2) is 9.97 Å². The molecular formula is C21H19N5O2. The molecule has 0 unspecified atom stereocenters. The van der Waals surface area contributed by atoms with E-state index in [4.69, 9.17) is 18.9 Å². The number of nitrogens with zero attached hydrogens (tertiary/aromatic N) is 3. The van der Waals surface area contributed by atoms with Crippen molar-refractivity contribution in [3.8, 4) is 22.9 Å². The summed E-state index contributed by atoms with van der Waals surface area (Å²) in [5.41, 5.74) is 3.99. The van der Waals surface area contributed by atoms with E-state index in [1.165, 1.54) is 0 Å². The van der Waals surface area contributed by atoms with Crippen LogP contribution in [0.4, 0.5) is 5.82 Å². The van der Waals surface area contributed by atoms with Crippen LogP contribution < -0.4 is 10.6 Å². The Balaban J connectivity index is 1.42. The number of fused-ring (bicyclic) bond motifs is 1. The smallest absolute Gasteiger partial charge is 0.202 e. The molecule has 28 heavy (non-hydrogen) atoms. The third kappa shape index (κ3) is 3.27. The number of furan rings is 1. The molecule has 2 N–H and O–H groups in total. The van der Waals surface area contributed by atoms with Crippen molar-refractivity contribution in [3.05, 3.63) is 71.7 Å². The molecule has 0 saturated carbocycles. The molecule has 4 heterocycles. The lowest BCUT2D eigenvalue weighted by atomic mass is 10.1. The number of benzene rings is 1. The molecule has 0 amide bonds. The molecule has 140 valence electrons. The van der Waals surface area contributed by atoms with Gasteiger partial charge in [-0.1, -0.05) is 35.5 Å². The zero-order valence-corrected chi connectivity index (χ0v) is 15.2. The van der Waals surface area contributed by atoms with Crippen LogP contribution >= 0.6 is 0 Å². The van der Waals surface area contributed by atoms with Gasteiger partial charge in [-0.05, 0) is 25.1 Å². The average Bonchev–Trinajstić information content (AvgIpc) is 3.44. The van der Waals surface area contributed by atoms with Crippen molar-refractivity contribution >= 4 is 5.82 Å². The molecule has 4 aromatic rings. The Kier molecular flexibility index (Phi) is 4.34. The second kappa shape index (κ2) is 7.28. The van der Waals surface area contributed by atoms with Gasteiger partial charge in [0.15, 0.2) is 11.6 Å². The first-order chi connectivity index (χ1) is 13.9. The Bertz CT molecular complexity index is 1070. The minimum Gasteiger partial charge on any atom is -0.461 e. The Morgan fingerprint density at radius 3 is 2.82 bits per heavy atom. The predicted octanol–water partition coefficient (Wildman–Crippen LogP) is 3.65. The second-order valence-electron chi connectivity index (χ2n) is 6.63. The molecule has 7 heteroatoms. The number of aromatic nitrogens is 3. The fraction of sp³-hybridized carbons (Fsp3) is 0.190. The standard InChI is InChI=1S/C21H19N5O2/c1-2-5-14(6-3-1)20-24-17-13-22-9-8-16(17)21(25-20)23-12-15-11-19(28-26-15)18-7-4-10-27-18/h1-7,10-11,22H,8-9,12-13H2,(H,23,24,25). The van der Waals surface area contributed by atoms with Gasteiger partial charge in [0.2, 0.25) is 5.76 Å². The van der Waals surface area contributed by atoms with Gasteiger partial charge in [0.25, 0.3) is 0 Å². The summed E-state index contributed by atoms with van der Waals surface area (Å²) in [5.74, 6) is 2.85. The number of anilines is 1. The van der Waals surface area contributed by atoms with E-state index in [0.29, 0.717) is 18.1 Å². The Morgan fingerprint density at radius 2 is 1.96 bits per heavy atom. The molecule has 0 radical (unpaired) electrons. The number of hydrogen-bond acceptors (Lipinski definition) is 7. The van der Waals surface area contributed by atoms with Crippen LogP contribution in [0.25, 0.3) is 22.9 Å². The fourth-order valence-corrected chi connectivity index (χ4v) is 3.33. The monoisotopic (exact) mass is 373 g/mol. The van der Waals surface area contributed by atoms with Gasteiger partial charge < -0.3 is 19.6 Å². The lowest BCUT2D eigenvalue weighted by Crippen LogP contribution is -2.26. The van der Waals surface area contributed by atoms with E-state index in [9.17, 15) is 0 Å². The van der Waals surface area contributed by atoms with Crippen molar-refractivity contribution in [1.29, 1.82) is 0 Å². The van der Waals surface area contributed by atoms with Crippen LogP contribution in [-0.2, 0) is 19.5 Å². The summed E-state index contributed by atoms with van der Waals surface area (Å²) in [6, 6.07) is 15.6. The molecule has 1 aliphatic heterocycles. The first kappa shape index (κ1) is 16.7. The summed E-state index contributed by atoms with van der Waals surface area (Å²) in [6.45, 7) is 2.18. The molecule has 0 bridgehead atoms. The van der Waals surface area contributed by atoms with Crippen LogP contribution in [-0.4, -0.2) is 21.7 Å². The Labute approximate surface area is 161 Å². The van der Waals surface area contributed by atoms with Gasteiger partial charge in [-0.15, -0.1) is 0 Å². The molecule has 1 aromatic carbocycles. The molecule has 0 aliphatic carbocycles. The van der Waals surface area contributed by atoms with Crippen LogP contribution in [0.1, 0.15) is 17.0 Å². The highest BCUT2D eigenvalue weighted by atomic mass is 16.5. The fourth-order valence-electron chi connectivity index (χ4n) is 3.33. The van der Waals surface area contributed by atoms with Gasteiger partial charge in [-0.2, -0.15) is 0 Å². The highest BCUT2D eigenvalue weighted by molar-refractivity contribution is 5.60. The van der Waals surface area contributed by atoms with E-state index in [-0.39, 0.29) is 0 Å². The van der Waals surface area contributed by atoms with Gasteiger partial charge in [0, 0.05) is 23.7 Å². The van der Waals surface area contributed by atoms with Crippen molar-refractivity contribution in [1.82, 2.24) is 20.4 Å². The molecule has 1 aliphatic rings. The van der Waals surface area contributed by atoms with E-state index in [0.717, 1.165) is 53.7 Å².